The summed E-state index contributed by atoms with van der Waals surface area (Å²) in [5.41, 5.74) is 1.00. The van der Waals surface area contributed by atoms with Crippen molar-refractivity contribution in [3.8, 4) is 0 Å². The molecule has 4 heteroatoms. The third kappa shape index (κ3) is 6.67. The number of aromatic amines is 1. The Hall–Kier alpha value is -1.45. The molecule has 1 heterocycles. The van der Waals surface area contributed by atoms with Crippen LogP contribution in [0.25, 0.3) is 0 Å². The van der Waals surface area contributed by atoms with Gasteiger partial charge in [-0.3, -0.25) is 4.79 Å². The molecule has 2 unspecified atom stereocenters. The molecular weight excluding hydrogens is 288 g/mol. The van der Waals surface area contributed by atoms with Crippen LogP contribution >= 0.6 is 0 Å². The van der Waals surface area contributed by atoms with Crippen LogP contribution in [0.5, 0.6) is 0 Å². The summed E-state index contributed by atoms with van der Waals surface area (Å²) in [5.74, 6) is 1.83. The topological polar surface area (TPSA) is 62.8 Å². The predicted octanol–water partition coefficient (Wildman–Crippen LogP) is 4.46. The number of aromatic nitrogens is 2. The summed E-state index contributed by atoms with van der Waals surface area (Å²) in [6.45, 7) is 10.6. The molecule has 0 radical (unpaired) electrons. The fourth-order valence-electron chi connectivity index (χ4n) is 2.55. The highest BCUT2D eigenvalue weighted by atomic mass is 16.1. The van der Waals surface area contributed by atoms with E-state index in [-0.39, 0.29) is 11.3 Å². The van der Waals surface area contributed by atoms with E-state index in [0.717, 1.165) is 37.1 Å². The minimum absolute atomic E-state index is 0.0520. The number of hydrogen-bond acceptors (Lipinski definition) is 3. The van der Waals surface area contributed by atoms with E-state index < -0.39 is 0 Å². The van der Waals surface area contributed by atoms with E-state index >= 15 is 0 Å². The summed E-state index contributed by atoms with van der Waals surface area (Å²) in [4.78, 5) is 30.3. The highest BCUT2D eigenvalue weighted by Crippen LogP contribution is 2.28. The number of imidazole rings is 1. The van der Waals surface area contributed by atoms with Crippen molar-refractivity contribution in [2.24, 2.45) is 11.3 Å². The van der Waals surface area contributed by atoms with Crippen molar-refractivity contribution in [3.63, 3.8) is 0 Å². The summed E-state index contributed by atoms with van der Waals surface area (Å²) in [7, 11) is 0. The second kappa shape index (κ2) is 8.99. The van der Waals surface area contributed by atoms with E-state index in [1.54, 1.807) is 0 Å². The Bertz CT molecular complexity index is 500. The Morgan fingerprint density at radius 3 is 2.61 bits per heavy atom. The van der Waals surface area contributed by atoms with Crippen molar-refractivity contribution in [1.29, 1.82) is 0 Å². The lowest BCUT2D eigenvalue weighted by molar-refractivity contribution is -0.125. The first-order valence-corrected chi connectivity index (χ1v) is 8.76. The van der Waals surface area contributed by atoms with Crippen molar-refractivity contribution in [3.05, 3.63) is 17.7 Å². The van der Waals surface area contributed by atoms with E-state index in [1.165, 1.54) is 0 Å². The van der Waals surface area contributed by atoms with Gasteiger partial charge in [0.2, 0.25) is 0 Å². The Labute approximate surface area is 140 Å². The van der Waals surface area contributed by atoms with Gasteiger partial charge in [-0.2, -0.15) is 0 Å². The molecule has 1 rings (SSSR count). The van der Waals surface area contributed by atoms with Crippen molar-refractivity contribution >= 4 is 12.1 Å². The minimum Gasteiger partial charge on any atom is -0.348 e. The largest absolute Gasteiger partial charge is 0.348 e. The Morgan fingerprint density at radius 2 is 2.00 bits per heavy atom. The molecule has 2 atom stereocenters. The second-order valence-corrected chi connectivity index (χ2v) is 7.68. The molecule has 0 fully saturated rings. The van der Waals surface area contributed by atoms with Crippen LogP contribution in [0, 0.1) is 11.3 Å². The number of Topliss-reactive ketones (excluding diaryl/α,β-unsaturated/α-hetero) is 1. The van der Waals surface area contributed by atoms with Gasteiger partial charge in [0, 0.05) is 30.9 Å². The van der Waals surface area contributed by atoms with Crippen LogP contribution in [0.3, 0.4) is 0 Å². The highest BCUT2D eigenvalue weighted by Gasteiger charge is 2.25. The quantitative estimate of drug-likeness (QED) is 0.511. The smallest absolute Gasteiger partial charge is 0.136 e. The van der Waals surface area contributed by atoms with Crippen LogP contribution in [-0.2, 0) is 16.0 Å². The number of unbranched alkanes of at least 4 members (excludes halogenated alkanes) is 1. The summed E-state index contributed by atoms with van der Waals surface area (Å²) < 4.78 is 0. The lowest BCUT2D eigenvalue weighted by Crippen LogP contribution is -2.25. The molecule has 1 aromatic heterocycles. The normalized spacial score (nSPS) is 14.5. The summed E-state index contributed by atoms with van der Waals surface area (Å²) in [6.07, 6.45) is 7.72. The fraction of sp³-hybridized carbons (Fsp3) is 0.737. The van der Waals surface area contributed by atoms with Gasteiger partial charge in [0.1, 0.15) is 17.9 Å². The van der Waals surface area contributed by atoms with Gasteiger partial charge in [0.15, 0.2) is 0 Å². The molecule has 0 spiro atoms. The second-order valence-electron chi connectivity index (χ2n) is 7.68. The van der Waals surface area contributed by atoms with Gasteiger partial charge in [-0.1, -0.05) is 41.0 Å². The minimum atomic E-state index is 0.0520. The molecule has 0 aliphatic rings. The van der Waals surface area contributed by atoms with Gasteiger partial charge < -0.3 is 9.78 Å². The number of rotatable bonds is 10. The summed E-state index contributed by atoms with van der Waals surface area (Å²) >= 11 is 0. The first-order valence-electron chi connectivity index (χ1n) is 8.76. The zero-order valence-corrected chi connectivity index (χ0v) is 15.3. The first-order chi connectivity index (χ1) is 10.8. The van der Waals surface area contributed by atoms with E-state index in [9.17, 15) is 9.59 Å². The Kier molecular flexibility index (Phi) is 7.66. The van der Waals surface area contributed by atoms with E-state index in [1.807, 2.05) is 13.1 Å². The molecule has 0 aliphatic heterocycles. The summed E-state index contributed by atoms with van der Waals surface area (Å²) in [5, 5.41) is 0. The van der Waals surface area contributed by atoms with Gasteiger partial charge in [-0.05, 0) is 24.7 Å². The van der Waals surface area contributed by atoms with Crippen LogP contribution in [0.2, 0.25) is 0 Å². The predicted molar refractivity (Wildman–Crippen MR) is 93.5 cm³/mol. The third-order valence-corrected chi connectivity index (χ3v) is 4.73. The van der Waals surface area contributed by atoms with E-state index in [2.05, 4.69) is 37.7 Å². The molecule has 0 bridgehead atoms. The number of ketones is 1. The van der Waals surface area contributed by atoms with Crippen molar-refractivity contribution in [2.45, 2.75) is 79.1 Å². The zero-order valence-electron chi connectivity index (χ0n) is 15.3. The van der Waals surface area contributed by atoms with Crippen molar-refractivity contribution in [2.75, 3.05) is 0 Å². The number of aldehydes is 1. The molecule has 4 nitrogen and oxygen atoms in total. The summed E-state index contributed by atoms with van der Waals surface area (Å²) in [6, 6.07) is 0. The molecule has 0 aliphatic carbocycles. The third-order valence-electron chi connectivity index (χ3n) is 4.73. The van der Waals surface area contributed by atoms with Gasteiger partial charge >= 0.3 is 0 Å². The Morgan fingerprint density at radius 1 is 1.30 bits per heavy atom. The molecule has 23 heavy (non-hydrogen) atoms. The molecular formula is C19H32N2O2. The van der Waals surface area contributed by atoms with Gasteiger partial charge in [0.25, 0.3) is 0 Å². The average Bonchev–Trinajstić information content (AvgIpc) is 2.96. The molecule has 0 amide bonds. The number of carbonyl (C=O) groups excluding carboxylic acids is 2. The van der Waals surface area contributed by atoms with Crippen molar-refractivity contribution in [1.82, 2.24) is 9.97 Å². The maximum Gasteiger partial charge on any atom is 0.136 e. The Balaban J connectivity index is 2.31. The van der Waals surface area contributed by atoms with Crippen LogP contribution in [-0.4, -0.2) is 22.0 Å². The first kappa shape index (κ1) is 19.6. The number of nitrogens with one attached hydrogen (secondary N) is 1. The molecule has 0 aromatic carbocycles. The van der Waals surface area contributed by atoms with Gasteiger partial charge in [0.05, 0.1) is 5.69 Å². The molecule has 0 saturated carbocycles. The molecule has 0 saturated heterocycles. The fourth-order valence-corrected chi connectivity index (χ4v) is 2.55. The monoisotopic (exact) mass is 320 g/mol. The van der Waals surface area contributed by atoms with E-state index in [4.69, 9.17) is 0 Å². The maximum absolute atomic E-state index is 12.2. The maximum atomic E-state index is 12.2. The lowest BCUT2D eigenvalue weighted by Gasteiger charge is -2.25. The molecule has 1 N–H and O–H groups in total. The number of aryl methyl sites for hydroxylation is 1. The van der Waals surface area contributed by atoms with Crippen LogP contribution in [0.1, 0.15) is 84.2 Å². The number of nitrogens with zero attached hydrogens (tertiary/aromatic N) is 1. The number of carbonyl (C=O) groups is 2. The number of H-pyrrole nitrogens is 1. The standard InChI is InChI=1S/C19H32N2O2/c1-14(18-20-13-16(21-18)10-8-12-22)9-6-7-11-17(23)15(2)19(3,4)5/h12-15H,6-11H2,1-5H3,(H,20,21). The molecule has 1 aromatic rings. The SMILES string of the molecule is CC(CCCCC(=O)C(C)C(C)(C)C)c1nc(CCC=O)c[nH]1. The zero-order chi connectivity index (χ0) is 17.5. The van der Waals surface area contributed by atoms with Gasteiger partial charge in [-0.15, -0.1) is 0 Å². The van der Waals surface area contributed by atoms with Gasteiger partial charge in [-0.25, -0.2) is 4.98 Å². The lowest BCUT2D eigenvalue weighted by atomic mass is 9.78. The van der Waals surface area contributed by atoms with Crippen LogP contribution < -0.4 is 0 Å². The van der Waals surface area contributed by atoms with E-state index in [0.29, 0.717) is 31.0 Å². The number of hydrogen-bond donors (Lipinski definition) is 1. The molecule has 130 valence electrons. The van der Waals surface area contributed by atoms with Crippen LogP contribution in [0.4, 0.5) is 0 Å². The van der Waals surface area contributed by atoms with Crippen molar-refractivity contribution < 1.29 is 9.59 Å². The van der Waals surface area contributed by atoms with Crippen LogP contribution in [0.15, 0.2) is 6.20 Å². The highest BCUT2D eigenvalue weighted by molar-refractivity contribution is 5.81. The average molecular weight is 320 g/mol.